The van der Waals surface area contributed by atoms with Crippen LogP contribution in [0, 0.1) is 5.92 Å². The number of carbonyl (C=O) groups excluding carboxylic acids is 1. The van der Waals surface area contributed by atoms with E-state index >= 15 is 0 Å². The van der Waals surface area contributed by atoms with Gasteiger partial charge in [-0.2, -0.15) is 0 Å². The second-order valence-corrected chi connectivity index (χ2v) is 8.81. The fourth-order valence-electron chi connectivity index (χ4n) is 3.50. The van der Waals surface area contributed by atoms with Crippen molar-refractivity contribution in [3.63, 3.8) is 0 Å². The molecule has 1 saturated carbocycles. The van der Waals surface area contributed by atoms with Crippen molar-refractivity contribution >= 4 is 15.9 Å². The van der Waals surface area contributed by atoms with Crippen LogP contribution in [-0.4, -0.2) is 49.6 Å². The molecule has 1 aliphatic carbocycles. The zero-order valence-corrected chi connectivity index (χ0v) is 14.4. The summed E-state index contributed by atoms with van der Waals surface area (Å²) in [5.41, 5.74) is 5.88. The standard InChI is InChI=1S/C15H29N3O3S/c1-11-3-5-14(6-4-11)17-22(20,21)10-15(19)18-8-7-13(16)9-12(18)2/h11-14,17H,3-10,16H2,1-2H3/t11?,12-,13+,14?/m0/s1. The summed E-state index contributed by atoms with van der Waals surface area (Å²) >= 11 is 0. The first-order valence-corrected chi connectivity index (χ1v) is 9.97. The topological polar surface area (TPSA) is 92.5 Å². The summed E-state index contributed by atoms with van der Waals surface area (Å²) in [5, 5.41) is 0. The molecule has 0 unspecified atom stereocenters. The van der Waals surface area contributed by atoms with Crippen molar-refractivity contribution in [1.29, 1.82) is 0 Å². The van der Waals surface area contributed by atoms with Gasteiger partial charge in [-0.15, -0.1) is 0 Å². The van der Waals surface area contributed by atoms with Gasteiger partial charge in [0.1, 0.15) is 5.75 Å². The van der Waals surface area contributed by atoms with Gasteiger partial charge in [-0.05, 0) is 51.4 Å². The van der Waals surface area contributed by atoms with Crippen molar-refractivity contribution in [3.05, 3.63) is 0 Å². The molecular weight excluding hydrogens is 302 g/mol. The number of sulfonamides is 1. The van der Waals surface area contributed by atoms with Gasteiger partial charge in [0, 0.05) is 24.7 Å². The molecule has 0 spiro atoms. The third-order valence-electron chi connectivity index (χ3n) is 4.91. The lowest BCUT2D eigenvalue weighted by Gasteiger charge is -2.36. The molecule has 6 nitrogen and oxygen atoms in total. The molecule has 2 fully saturated rings. The molecule has 1 amide bonds. The van der Waals surface area contributed by atoms with Gasteiger partial charge in [-0.1, -0.05) is 6.92 Å². The Morgan fingerprint density at radius 2 is 1.82 bits per heavy atom. The second kappa shape index (κ2) is 7.27. The third-order valence-corrected chi connectivity index (χ3v) is 6.23. The zero-order valence-electron chi connectivity index (χ0n) is 13.6. The van der Waals surface area contributed by atoms with E-state index in [2.05, 4.69) is 11.6 Å². The summed E-state index contributed by atoms with van der Waals surface area (Å²) < 4.78 is 27.2. The maximum absolute atomic E-state index is 12.3. The Labute approximate surface area is 133 Å². The van der Waals surface area contributed by atoms with E-state index < -0.39 is 15.8 Å². The number of carbonyl (C=O) groups is 1. The predicted molar refractivity (Wildman–Crippen MR) is 86.7 cm³/mol. The molecule has 2 rings (SSSR count). The van der Waals surface area contributed by atoms with Crippen LogP contribution in [0.25, 0.3) is 0 Å². The van der Waals surface area contributed by atoms with Crippen molar-refractivity contribution in [2.45, 2.75) is 70.5 Å². The summed E-state index contributed by atoms with van der Waals surface area (Å²) in [6.07, 6.45) is 5.29. The Bertz CT molecular complexity index is 486. The number of piperidine rings is 1. The first-order chi connectivity index (χ1) is 10.3. The van der Waals surface area contributed by atoms with Crippen molar-refractivity contribution < 1.29 is 13.2 Å². The molecule has 0 radical (unpaired) electrons. The molecule has 2 atom stereocenters. The van der Waals surface area contributed by atoms with E-state index in [0.29, 0.717) is 12.5 Å². The Kier molecular flexibility index (Phi) is 5.85. The number of nitrogens with two attached hydrogens (primary N) is 1. The minimum absolute atomic E-state index is 0.0128. The largest absolute Gasteiger partial charge is 0.339 e. The molecule has 22 heavy (non-hydrogen) atoms. The first-order valence-electron chi connectivity index (χ1n) is 8.32. The molecule has 2 aliphatic rings. The minimum Gasteiger partial charge on any atom is -0.339 e. The Balaban J connectivity index is 1.87. The van der Waals surface area contributed by atoms with Crippen LogP contribution in [0.3, 0.4) is 0 Å². The van der Waals surface area contributed by atoms with Crippen molar-refractivity contribution in [1.82, 2.24) is 9.62 Å². The molecule has 7 heteroatoms. The maximum atomic E-state index is 12.3. The minimum atomic E-state index is -3.56. The van der Waals surface area contributed by atoms with Crippen LogP contribution in [-0.2, 0) is 14.8 Å². The highest BCUT2D eigenvalue weighted by Crippen LogP contribution is 2.24. The average molecular weight is 331 g/mol. The first kappa shape index (κ1) is 17.7. The number of amides is 1. The highest BCUT2D eigenvalue weighted by atomic mass is 32.2. The van der Waals surface area contributed by atoms with Gasteiger partial charge < -0.3 is 10.6 Å². The van der Waals surface area contributed by atoms with Gasteiger partial charge in [0.25, 0.3) is 0 Å². The summed E-state index contributed by atoms with van der Waals surface area (Å²) in [5.74, 6) is -0.0876. The van der Waals surface area contributed by atoms with E-state index in [-0.39, 0.29) is 24.0 Å². The lowest BCUT2D eigenvalue weighted by molar-refractivity contribution is -0.131. The smallest absolute Gasteiger partial charge is 0.239 e. The number of rotatable bonds is 4. The predicted octanol–water partition coefficient (Wildman–Crippen LogP) is 0.823. The molecular formula is C15H29N3O3S. The van der Waals surface area contributed by atoms with Crippen molar-refractivity contribution in [2.24, 2.45) is 11.7 Å². The number of nitrogens with one attached hydrogen (secondary N) is 1. The Morgan fingerprint density at radius 1 is 1.18 bits per heavy atom. The van der Waals surface area contributed by atoms with Crippen LogP contribution >= 0.6 is 0 Å². The third kappa shape index (κ3) is 4.93. The van der Waals surface area contributed by atoms with Crippen LogP contribution in [0.1, 0.15) is 52.4 Å². The molecule has 1 saturated heterocycles. The van der Waals surface area contributed by atoms with E-state index in [1.165, 1.54) is 0 Å². The number of hydrogen-bond acceptors (Lipinski definition) is 4. The fourth-order valence-corrected chi connectivity index (χ4v) is 4.82. The summed E-state index contributed by atoms with van der Waals surface area (Å²) in [7, 11) is -3.56. The highest BCUT2D eigenvalue weighted by Gasteiger charge is 2.31. The van der Waals surface area contributed by atoms with Gasteiger partial charge in [0.2, 0.25) is 15.9 Å². The SMILES string of the molecule is CC1CCC(NS(=O)(=O)CC(=O)N2CC[C@@H](N)C[C@@H]2C)CC1. The average Bonchev–Trinajstić information content (AvgIpc) is 2.40. The van der Waals surface area contributed by atoms with Crippen LogP contribution < -0.4 is 10.5 Å². The number of hydrogen-bond donors (Lipinski definition) is 2. The van der Waals surface area contributed by atoms with E-state index in [9.17, 15) is 13.2 Å². The van der Waals surface area contributed by atoms with E-state index in [0.717, 1.165) is 38.5 Å². The van der Waals surface area contributed by atoms with Gasteiger partial charge in [0.05, 0.1) is 0 Å². The van der Waals surface area contributed by atoms with E-state index in [1.54, 1.807) is 4.90 Å². The molecule has 128 valence electrons. The van der Waals surface area contributed by atoms with Crippen molar-refractivity contribution in [2.75, 3.05) is 12.3 Å². The summed E-state index contributed by atoms with van der Waals surface area (Å²) in [6.45, 7) is 4.67. The zero-order chi connectivity index (χ0) is 16.3. The molecule has 0 bridgehead atoms. The monoisotopic (exact) mass is 331 g/mol. The Hall–Kier alpha value is -0.660. The quantitative estimate of drug-likeness (QED) is 0.798. The maximum Gasteiger partial charge on any atom is 0.239 e. The van der Waals surface area contributed by atoms with Crippen LogP contribution in [0.2, 0.25) is 0 Å². The Morgan fingerprint density at radius 3 is 2.41 bits per heavy atom. The molecule has 1 heterocycles. The van der Waals surface area contributed by atoms with Gasteiger partial charge in [-0.25, -0.2) is 13.1 Å². The van der Waals surface area contributed by atoms with Crippen LogP contribution in [0.4, 0.5) is 0 Å². The number of likely N-dealkylation sites (tertiary alicyclic amines) is 1. The van der Waals surface area contributed by atoms with Gasteiger partial charge >= 0.3 is 0 Å². The van der Waals surface area contributed by atoms with E-state index in [4.69, 9.17) is 5.73 Å². The highest BCUT2D eigenvalue weighted by molar-refractivity contribution is 7.90. The van der Waals surface area contributed by atoms with Gasteiger partial charge in [-0.3, -0.25) is 4.79 Å². The molecule has 0 aromatic rings. The summed E-state index contributed by atoms with van der Waals surface area (Å²) in [6, 6.07) is 0.112. The summed E-state index contributed by atoms with van der Waals surface area (Å²) in [4.78, 5) is 13.9. The lowest BCUT2D eigenvalue weighted by atomic mass is 9.88. The second-order valence-electron chi connectivity index (χ2n) is 7.05. The van der Waals surface area contributed by atoms with Crippen molar-refractivity contribution in [3.8, 4) is 0 Å². The normalized spacial score (nSPS) is 33.7. The lowest BCUT2D eigenvalue weighted by Crippen LogP contribution is -2.51. The van der Waals surface area contributed by atoms with Crippen LogP contribution in [0.15, 0.2) is 0 Å². The molecule has 0 aromatic carbocycles. The molecule has 0 aromatic heterocycles. The fraction of sp³-hybridized carbons (Fsp3) is 0.933. The van der Waals surface area contributed by atoms with E-state index in [1.807, 2.05) is 6.92 Å². The molecule has 3 N–H and O–H groups in total. The molecule has 1 aliphatic heterocycles. The van der Waals surface area contributed by atoms with Crippen LogP contribution in [0.5, 0.6) is 0 Å². The number of nitrogens with zero attached hydrogens (tertiary/aromatic N) is 1. The van der Waals surface area contributed by atoms with Gasteiger partial charge in [0.15, 0.2) is 0 Å².